The number of rotatable bonds is 7. The highest BCUT2D eigenvalue weighted by Crippen LogP contribution is 2.24. The molecule has 1 aliphatic heterocycles. The van der Waals surface area contributed by atoms with Gasteiger partial charge in [-0.2, -0.15) is 0 Å². The van der Waals surface area contributed by atoms with Crippen molar-refractivity contribution >= 4 is 10.0 Å². The van der Waals surface area contributed by atoms with E-state index in [0.29, 0.717) is 25.0 Å². The van der Waals surface area contributed by atoms with Gasteiger partial charge in [-0.15, -0.1) is 0 Å². The van der Waals surface area contributed by atoms with Crippen molar-refractivity contribution in [3.8, 4) is 0 Å². The lowest BCUT2D eigenvalue weighted by atomic mass is 10.0. The van der Waals surface area contributed by atoms with Gasteiger partial charge >= 0.3 is 0 Å². The van der Waals surface area contributed by atoms with Crippen LogP contribution in [0.5, 0.6) is 0 Å². The van der Waals surface area contributed by atoms with E-state index in [9.17, 15) is 8.42 Å². The average Bonchev–Trinajstić information content (AvgIpc) is 2.75. The summed E-state index contributed by atoms with van der Waals surface area (Å²) in [6, 6.07) is 0.328. The first-order chi connectivity index (χ1) is 8.37. The van der Waals surface area contributed by atoms with E-state index in [1.165, 1.54) is 0 Å². The molecule has 1 rings (SSSR count). The van der Waals surface area contributed by atoms with Gasteiger partial charge in [0.1, 0.15) is 0 Å². The van der Waals surface area contributed by atoms with Gasteiger partial charge in [-0.1, -0.05) is 27.2 Å². The third-order valence-electron chi connectivity index (χ3n) is 3.63. The van der Waals surface area contributed by atoms with Gasteiger partial charge in [0.25, 0.3) is 0 Å². The van der Waals surface area contributed by atoms with Crippen LogP contribution in [0.3, 0.4) is 0 Å². The topological polar surface area (TPSA) is 49.4 Å². The molecule has 1 saturated heterocycles. The van der Waals surface area contributed by atoms with Gasteiger partial charge in [-0.25, -0.2) is 12.7 Å². The average molecular weight is 276 g/mol. The first kappa shape index (κ1) is 15.9. The molecule has 0 amide bonds. The van der Waals surface area contributed by atoms with Crippen LogP contribution in [-0.2, 0) is 10.0 Å². The summed E-state index contributed by atoms with van der Waals surface area (Å²) in [5.41, 5.74) is 0. The fourth-order valence-electron chi connectivity index (χ4n) is 2.43. The molecule has 0 spiro atoms. The highest BCUT2D eigenvalue weighted by molar-refractivity contribution is 7.89. The molecule has 0 radical (unpaired) electrons. The zero-order valence-electron chi connectivity index (χ0n) is 12.1. The van der Waals surface area contributed by atoms with Gasteiger partial charge in [-0.05, 0) is 25.7 Å². The molecule has 1 N–H and O–H groups in total. The molecule has 1 fully saturated rings. The molecule has 5 heteroatoms. The molecule has 18 heavy (non-hydrogen) atoms. The number of nitrogens with one attached hydrogen (secondary N) is 1. The van der Waals surface area contributed by atoms with Crippen molar-refractivity contribution in [2.75, 3.05) is 19.6 Å². The van der Waals surface area contributed by atoms with Crippen molar-refractivity contribution in [3.05, 3.63) is 0 Å². The highest BCUT2D eigenvalue weighted by Gasteiger charge is 2.34. The second-order valence-corrected chi connectivity index (χ2v) is 8.07. The number of sulfonamides is 1. The summed E-state index contributed by atoms with van der Waals surface area (Å²) in [5.74, 6) is 0.565. The third-order valence-corrected chi connectivity index (χ3v) is 5.86. The fourth-order valence-corrected chi connectivity index (χ4v) is 4.03. The number of hydrogen-bond donors (Lipinski definition) is 1. The molecule has 108 valence electrons. The lowest BCUT2D eigenvalue weighted by Crippen LogP contribution is -2.42. The molecule has 0 bridgehead atoms. The largest absolute Gasteiger partial charge is 0.313 e. The zero-order valence-corrected chi connectivity index (χ0v) is 13.0. The van der Waals surface area contributed by atoms with Gasteiger partial charge in [0.15, 0.2) is 0 Å². The van der Waals surface area contributed by atoms with Gasteiger partial charge in [0, 0.05) is 25.7 Å². The van der Waals surface area contributed by atoms with E-state index < -0.39 is 10.0 Å². The zero-order chi connectivity index (χ0) is 13.8. The fraction of sp³-hybridized carbons (Fsp3) is 1.00. The normalized spacial score (nSPS) is 23.7. The van der Waals surface area contributed by atoms with Crippen molar-refractivity contribution in [1.29, 1.82) is 0 Å². The highest BCUT2D eigenvalue weighted by atomic mass is 32.2. The molecule has 0 saturated carbocycles. The van der Waals surface area contributed by atoms with Crippen LogP contribution in [-0.4, -0.2) is 43.6 Å². The lowest BCUT2D eigenvalue weighted by molar-refractivity contribution is 0.434. The minimum atomic E-state index is -3.11. The first-order valence-electron chi connectivity index (χ1n) is 7.10. The summed E-state index contributed by atoms with van der Waals surface area (Å²) in [4.78, 5) is 0. The Morgan fingerprint density at radius 2 is 2.00 bits per heavy atom. The van der Waals surface area contributed by atoms with E-state index in [1.54, 1.807) is 11.2 Å². The molecule has 4 nitrogen and oxygen atoms in total. The van der Waals surface area contributed by atoms with Gasteiger partial charge < -0.3 is 5.32 Å². The predicted octanol–water partition coefficient (Wildman–Crippen LogP) is 1.82. The Kier molecular flexibility index (Phi) is 6.08. The van der Waals surface area contributed by atoms with E-state index in [4.69, 9.17) is 0 Å². The van der Waals surface area contributed by atoms with Crippen molar-refractivity contribution in [2.24, 2.45) is 5.92 Å². The molecule has 1 aliphatic rings. The molecule has 1 heterocycles. The van der Waals surface area contributed by atoms with Crippen LogP contribution in [0.25, 0.3) is 0 Å². The molecule has 0 aliphatic carbocycles. The van der Waals surface area contributed by atoms with Crippen LogP contribution in [0.2, 0.25) is 0 Å². The first-order valence-corrected chi connectivity index (χ1v) is 8.60. The Balaban J connectivity index is 2.53. The molecular weight excluding hydrogens is 248 g/mol. The van der Waals surface area contributed by atoms with Crippen LogP contribution in [0.4, 0.5) is 0 Å². The van der Waals surface area contributed by atoms with Gasteiger partial charge in [-0.3, -0.25) is 0 Å². The monoisotopic (exact) mass is 276 g/mol. The minimum Gasteiger partial charge on any atom is -0.313 e. The summed E-state index contributed by atoms with van der Waals surface area (Å²) in [6.45, 7) is 10.00. The molecule has 2 unspecified atom stereocenters. The summed E-state index contributed by atoms with van der Waals surface area (Å²) >= 11 is 0. The van der Waals surface area contributed by atoms with Crippen LogP contribution >= 0.6 is 0 Å². The quantitative estimate of drug-likeness (QED) is 0.772. The van der Waals surface area contributed by atoms with Crippen molar-refractivity contribution < 1.29 is 8.42 Å². The summed E-state index contributed by atoms with van der Waals surface area (Å²) in [7, 11) is -3.11. The minimum absolute atomic E-state index is 0.328. The second-order valence-electron chi connectivity index (χ2n) is 5.72. The maximum atomic E-state index is 12.4. The Morgan fingerprint density at radius 3 is 2.56 bits per heavy atom. The Hall–Kier alpha value is -0.130. The van der Waals surface area contributed by atoms with Crippen LogP contribution in [0.1, 0.15) is 47.0 Å². The maximum absolute atomic E-state index is 12.4. The van der Waals surface area contributed by atoms with E-state index in [1.807, 2.05) is 13.8 Å². The van der Waals surface area contributed by atoms with Crippen molar-refractivity contribution in [3.63, 3.8) is 0 Å². The van der Waals surface area contributed by atoms with Crippen molar-refractivity contribution in [2.45, 2.75) is 58.2 Å². The summed E-state index contributed by atoms with van der Waals surface area (Å²) in [6.07, 6.45) is 3.31. The van der Waals surface area contributed by atoms with Crippen LogP contribution in [0.15, 0.2) is 0 Å². The third kappa shape index (κ3) is 4.21. The van der Waals surface area contributed by atoms with E-state index in [0.717, 1.165) is 25.8 Å². The Labute approximate surface area is 112 Å². The maximum Gasteiger partial charge on any atom is 0.217 e. The van der Waals surface area contributed by atoms with Crippen molar-refractivity contribution in [1.82, 2.24) is 9.62 Å². The van der Waals surface area contributed by atoms with Crippen LogP contribution < -0.4 is 5.32 Å². The molecular formula is C13H28N2O2S. The second kappa shape index (κ2) is 6.87. The molecule has 0 aromatic carbocycles. The predicted molar refractivity (Wildman–Crippen MR) is 76.1 cm³/mol. The molecule has 0 aromatic rings. The van der Waals surface area contributed by atoms with E-state index in [2.05, 4.69) is 12.2 Å². The molecule has 2 atom stereocenters. The number of hydrogen-bond acceptors (Lipinski definition) is 3. The Morgan fingerprint density at radius 1 is 1.33 bits per heavy atom. The van der Waals surface area contributed by atoms with Gasteiger partial charge in [0.05, 0.1) is 5.25 Å². The SMILES string of the molecule is CCCC1CCN(S(=O)(=O)C(C)CNC(C)C)C1. The standard InChI is InChI=1S/C13H28N2O2S/c1-5-6-13-7-8-15(10-13)18(16,17)12(4)9-14-11(2)3/h11-14H,5-10H2,1-4H3. The van der Waals surface area contributed by atoms with E-state index >= 15 is 0 Å². The summed E-state index contributed by atoms with van der Waals surface area (Å²) < 4.78 is 26.5. The van der Waals surface area contributed by atoms with E-state index in [-0.39, 0.29) is 5.25 Å². The molecule has 0 aromatic heterocycles. The van der Waals surface area contributed by atoms with Gasteiger partial charge in [0.2, 0.25) is 10.0 Å². The smallest absolute Gasteiger partial charge is 0.217 e. The Bertz CT molecular complexity index is 341. The summed E-state index contributed by atoms with van der Waals surface area (Å²) in [5, 5.41) is 2.87. The number of nitrogens with zero attached hydrogens (tertiary/aromatic N) is 1. The lowest BCUT2D eigenvalue weighted by Gasteiger charge is -2.22. The van der Waals surface area contributed by atoms with Crippen LogP contribution in [0, 0.1) is 5.92 Å².